The van der Waals surface area contributed by atoms with Crippen LogP contribution in [-0.2, 0) is 11.3 Å². The van der Waals surface area contributed by atoms with Crippen LogP contribution in [0.1, 0.15) is 24.5 Å². The average molecular weight is 289 g/mol. The van der Waals surface area contributed by atoms with E-state index >= 15 is 0 Å². The number of hydrogen-bond acceptors (Lipinski definition) is 6. The van der Waals surface area contributed by atoms with Crippen LogP contribution >= 0.6 is 0 Å². The van der Waals surface area contributed by atoms with Gasteiger partial charge < -0.3 is 14.2 Å². The first-order valence-electron chi connectivity index (χ1n) is 6.75. The molecule has 1 aromatic heterocycles. The maximum atomic E-state index is 11.7. The minimum Gasteiger partial charge on any atom is -0.460 e. The molecule has 7 heteroatoms. The van der Waals surface area contributed by atoms with Crippen LogP contribution < -0.4 is 9.47 Å². The molecule has 1 aromatic carbocycles. The topological polar surface area (TPSA) is 75.5 Å². The second-order valence-corrected chi connectivity index (χ2v) is 4.36. The highest BCUT2D eigenvalue weighted by molar-refractivity contribution is 5.85. The van der Waals surface area contributed by atoms with Crippen molar-refractivity contribution in [2.45, 2.75) is 20.4 Å². The van der Waals surface area contributed by atoms with Gasteiger partial charge in [0.15, 0.2) is 17.3 Å². The molecule has 2 aromatic rings. The van der Waals surface area contributed by atoms with E-state index in [1.165, 1.54) is 0 Å². The summed E-state index contributed by atoms with van der Waals surface area (Å²) in [4.78, 5) is 16.0. The van der Waals surface area contributed by atoms with E-state index in [1.807, 2.05) is 25.1 Å². The van der Waals surface area contributed by atoms with Crippen molar-refractivity contribution in [3.05, 3.63) is 24.0 Å². The fourth-order valence-corrected chi connectivity index (χ4v) is 2.09. The first-order chi connectivity index (χ1) is 10.2. The van der Waals surface area contributed by atoms with Gasteiger partial charge in [-0.3, -0.25) is 0 Å². The number of aryl methyl sites for hydroxylation is 1. The zero-order chi connectivity index (χ0) is 14.8. The Bertz CT molecular complexity index is 681. The lowest BCUT2D eigenvalue weighted by molar-refractivity contribution is 0.0511. The third-order valence-electron chi connectivity index (χ3n) is 3.06. The highest BCUT2D eigenvalue weighted by Gasteiger charge is 2.20. The van der Waals surface area contributed by atoms with Crippen molar-refractivity contribution in [2.75, 3.05) is 13.4 Å². The lowest BCUT2D eigenvalue weighted by atomic mass is 10.2. The molecule has 3 rings (SSSR count). The van der Waals surface area contributed by atoms with Gasteiger partial charge in [0, 0.05) is 12.1 Å². The quantitative estimate of drug-likeness (QED) is 0.800. The van der Waals surface area contributed by atoms with Gasteiger partial charge in [0.2, 0.25) is 6.79 Å². The minimum absolute atomic E-state index is 0.0615. The molecule has 0 saturated heterocycles. The van der Waals surface area contributed by atoms with E-state index in [0.29, 0.717) is 30.5 Å². The number of hydrogen-bond donors (Lipinski definition) is 0. The number of rotatable bonds is 4. The Balaban J connectivity index is 1.99. The van der Waals surface area contributed by atoms with Gasteiger partial charge in [0.05, 0.1) is 6.61 Å². The molecule has 0 aliphatic carbocycles. The summed E-state index contributed by atoms with van der Waals surface area (Å²) in [5, 5.41) is 4.18. The fourth-order valence-electron chi connectivity index (χ4n) is 2.09. The van der Waals surface area contributed by atoms with Crippen LogP contribution in [0.4, 0.5) is 0 Å². The lowest BCUT2D eigenvalue weighted by Gasteiger charge is -2.03. The van der Waals surface area contributed by atoms with Crippen molar-refractivity contribution >= 4 is 5.97 Å². The summed E-state index contributed by atoms with van der Waals surface area (Å²) >= 11 is 0. The smallest absolute Gasteiger partial charge is 0.378 e. The third kappa shape index (κ3) is 2.42. The standard InChI is InChI=1S/C14H15N3O4/c1-3-17-13(15-12(16-17)14(18)19-4-2)9-5-6-10-11(7-9)21-8-20-10/h5-7H,3-4,8H2,1-2H3. The zero-order valence-electron chi connectivity index (χ0n) is 11.8. The normalized spacial score (nSPS) is 12.5. The van der Waals surface area contributed by atoms with Crippen molar-refractivity contribution in [1.29, 1.82) is 0 Å². The number of carbonyl (C=O) groups excluding carboxylic acids is 1. The molecule has 0 amide bonds. The van der Waals surface area contributed by atoms with Gasteiger partial charge in [0.1, 0.15) is 0 Å². The third-order valence-corrected chi connectivity index (χ3v) is 3.06. The fraction of sp³-hybridized carbons (Fsp3) is 0.357. The highest BCUT2D eigenvalue weighted by atomic mass is 16.7. The maximum Gasteiger partial charge on any atom is 0.378 e. The van der Waals surface area contributed by atoms with Gasteiger partial charge in [0.25, 0.3) is 5.82 Å². The number of ether oxygens (including phenoxy) is 3. The number of nitrogens with zero attached hydrogens (tertiary/aromatic N) is 3. The molecule has 0 spiro atoms. The van der Waals surface area contributed by atoms with Gasteiger partial charge >= 0.3 is 5.97 Å². The van der Waals surface area contributed by atoms with Crippen LogP contribution in [-0.4, -0.2) is 34.1 Å². The predicted octanol–water partition coefficient (Wildman–Crippen LogP) is 1.87. The summed E-state index contributed by atoms with van der Waals surface area (Å²) in [5.74, 6) is 1.50. The Morgan fingerprint density at radius 1 is 1.33 bits per heavy atom. The average Bonchev–Trinajstić information content (AvgIpc) is 3.13. The van der Waals surface area contributed by atoms with Crippen molar-refractivity contribution < 1.29 is 19.0 Å². The van der Waals surface area contributed by atoms with Crippen LogP contribution in [0.15, 0.2) is 18.2 Å². The number of aromatic nitrogens is 3. The second-order valence-electron chi connectivity index (χ2n) is 4.36. The van der Waals surface area contributed by atoms with Crippen molar-refractivity contribution in [3.63, 3.8) is 0 Å². The van der Waals surface area contributed by atoms with Gasteiger partial charge in [-0.25, -0.2) is 14.5 Å². The molecule has 0 N–H and O–H groups in total. The van der Waals surface area contributed by atoms with Gasteiger partial charge in [-0.1, -0.05) is 0 Å². The molecule has 0 saturated carbocycles. The van der Waals surface area contributed by atoms with Crippen LogP contribution in [0, 0.1) is 0 Å². The molecule has 0 atom stereocenters. The Hall–Kier alpha value is -2.57. The molecule has 1 aliphatic rings. The summed E-state index contributed by atoms with van der Waals surface area (Å²) in [5.41, 5.74) is 0.809. The predicted molar refractivity (Wildman–Crippen MR) is 73.2 cm³/mol. The summed E-state index contributed by atoms with van der Waals surface area (Å²) in [6, 6.07) is 5.50. The Morgan fingerprint density at radius 3 is 2.90 bits per heavy atom. The molecule has 7 nitrogen and oxygen atoms in total. The molecule has 0 bridgehead atoms. The van der Waals surface area contributed by atoms with E-state index in [2.05, 4.69) is 10.1 Å². The number of carbonyl (C=O) groups is 1. The van der Waals surface area contributed by atoms with Crippen molar-refractivity contribution in [1.82, 2.24) is 14.8 Å². The van der Waals surface area contributed by atoms with E-state index < -0.39 is 5.97 Å². The highest BCUT2D eigenvalue weighted by Crippen LogP contribution is 2.35. The van der Waals surface area contributed by atoms with Crippen LogP contribution in [0.2, 0.25) is 0 Å². The van der Waals surface area contributed by atoms with E-state index in [1.54, 1.807) is 11.6 Å². The molecule has 0 radical (unpaired) electrons. The van der Waals surface area contributed by atoms with Gasteiger partial charge in [-0.15, -0.1) is 5.10 Å². The second kappa shape index (κ2) is 5.43. The Labute approximate surface area is 121 Å². The van der Waals surface area contributed by atoms with Crippen LogP contribution in [0.5, 0.6) is 11.5 Å². The van der Waals surface area contributed by atoms with E-state index in [0.717, 1.165) is 5.56 Å². The van der Waals surface area contributed by atoms with Gasteiger partial charge in [-0.05, 0) is 32.0 Å². The first-order valence-corrected chi connectivity index (χ1v) is 6.75. The number of esters is 1. The summed E-state index contributed by atoms with van der Waals surface area (Å²) in [6.45, 7) is 4.77. The summed E-state index contributed by atoms with van der Waals surface area (Å²) in [7, 11) is 0. The SMILES string of the molecule is CCOC(=O)c1nc(-c2ccc3c(c2)OCO3)n(CC)n1. The van der Waals surface area contributed by atoms with E-state index in [-0.39, 0.29) is 12.6 Å². The largest absolute Gasteiger partial charge is 0.460 e. The summed E-state index contributed by atoms with van der Waals surface area (Å²) in [6.07, 6.45) is 0. The van der Waals surface area contributed by atoms with Crippen molar-refractivity contribution in [3.8, 4) is 22.9 Å². The number of benzene rings is 1. The monoisotopic (exact) mass is 289 g/mol. The molecular weight excluding hydrogens is 274 g/mol. The molecule has 1 aliphatic heterocycles. The molecule has 2 heterocycles. The van der Waals surface area contributed by atoms with Crippen LogP contribution in [0.3, 0.4) is 0 Å². The van der Waals surface area contributed by atoms with Gasteiger partial charge in [-0.2, -0.15) is 0 Å². The maximum absolute atomic E-state index is 11.7. The van der Waals surface area contributed by atoms with Crippen LogP contribution in [0.25, 0.3) is 11.4 Å². The molecular formula is C14H15N3O4. The Morgan fingerprint density at radius 2 is 2.14 bits per heavy atom. The molecule has 0 unspecified atom stereocenters. The summed E-state index contributed by atoms with van der Waals surface area (Å²) < 4.78 is 17.2. The molecule has 0 fully saturated rings. The van der Waals surface area contributed by atoms with E-state index in [4.69, 9.17) is 14.2 Å². The minimum atomic E-state index is -0.522. The first kappa shape index (κ1) is 13.4. The van der Waals surface area contributed by atoms with E-state index in [9.17, 15) is 4.79 Å². The molecule has 110 valence electrons. The molecule has 21 heavy (non-hydrogen) atoms. The lowest BCUT2D eigenvalue weighted by Crippen LogP contribution is -2.07. The zero-order valence-corrected chi connectivity index (χ0v) is 11.8. The number of fused-ring (bicyclic) bond motifs is 1. The Kier molecular flexibility index (Phi) is 3.47. The van der Waals surface area contributed by atoms with Crippen molar-refractivity contribution in [2.24, 2.45) is 0 Å².